The molecular weight excluding hydrogens is 716 g/mol. The van der Waals surface area contributed by atoms with Crippen molar-refractivity contribution in [2.24, 2.45) is 0 Å². The van der Waals surface area contributed by atoms with Gasteiger partial charge >= 0.3 is 12.1 Å². The summed E-state index contributed by atoms with van der Waals surface area (Å²) in [6.07, 6.45) is 0.703. The summed E-state index contributed by atoms with van der Waals surface area (Å²) in [5.41, 5.74) is 1.10. The van der Waals surface area contributed by atoms with E-state index in [1.165, 1.54) is 11.2 Å². The van der Waals surface area contributed by atoms with Gasteiger partial charge < -0.3 is 43.9 Å². The second-order valence-electron chi connectivity index (χ2n) is 13.5. The van der Waals surface area contributed by atoms with Crippen LogP contribution >= 0.6 is 0 Å². The van der Waals surface area contributed by atoms with Crippen LogP contribution in [0.4, 0.5) is 4.79 Å². The fourth-order valence-corrected chi connectivity index (χ4v) is 5.73. The SMILES string of the molecule is COc1ccc(COc2cnc(-c3cc(CNC(=O)C4=C(C(=O)O)N5C(=O)[C@@H](NC(=O)OC(C)(C)C)CN5C4)on3)cc2OCc2ccc(OC)cc2)cc1. The summed E-state index contributed by atoms with van der Waals surface area (Å²) in [6, 6.07) is 17.1. The van der Waals surface area contributed by atoms with E-state index in [0.717, 1.165) is 27.6 Å². The number of nitrogens with zero attached hydrogens (tertiary/aromatic N) is 4. The lowest BCUT2D eigenvalue weighted by Crippen LogP contribution is -2.45. The Kier molecular flexibility index (Phi) is 11.2. The smallest absolute Gasteiger partial charge is 0.408 e. The van der Waals surface area contributed by atoms with Gasteiger partial charge in [-0.25, -0.2) is 19.6 Å². The van der Waals surface area contributed by atoms with Crippen LogP contribution in [-0.2, 0) is 38.9 Å². The Bertz CT molecular complexity index is 2090. The summed E-state index contributed by atoms with van der Waals surface area (Å²) in [5, 5.41) is 21.5. The lowest BCUT2D eigenvalue weighted by Gasteiger charge is -2.21. The first-order valence-corrected chi connectivity index (χ1v) is 17.1. The standard InChI is InChI=1S/C38H40N6O11/c1-38(2,3)54-37(49)41-30-19-43-18-27(33(36(47)48)44(43)35(30)46)34(45)40-16-26-14-29(42-55-26)28-15-31(52-20-22-6-10-24(50-4)11-7-22)32(17-39-28)53-21-23-8-12-25(51-5)13-9-23/h6-15,17,30H,16,18-21H2,1-5H3,(H,40,45)(H,41,49)(H,47,48)/t30-/m0/s1. The number of hydrogen-bond donors (Lipinski definition) is 3. The van der Waals surface area contributed by atoms with Crippen LogP contribution in [0.3, 0.4) is 0 Å². The number of alkyl carbamates (subject to hydrolysis) is 1. The number of carboxylic acids is 1. The number of rotatable bonds is 14. The Hall–Kier alpha value is -6.62. The molecule has 3 amide bonds. The summed E-state index contributed by atoms with van der Waals surface area (Å²) in [5.74, 6) is -0.421. The van der Waals surface area contributed by atoms with Crippen molar-refractivity contribution in [1.82, 2.24) is 30.8 Å². The third kappa shape index (κ3) is 9.13. The first-order valence-electron chi connectivity index (χ1n) is 17.1. The normalized spacial score (nSPS) is 15.4. The molecule has 288 valence electrons. The van der Waals surface area contributed by atoms with Crippen LogP contribution in [0, 0.1) is 0 Å². The highest BCUT2D eigenvalue weighted by atomic mass is 16.6. The maximum absolute atomic E-state index is 13.3. The van der Waals surface area contributed by atoms with Crippen molar-refractivity contribution in [3.05, 3.63) is 95.0 Å². The minimum absolute atomic E-state index is 0.0544. The van der Waals surface area contributed by atoms with Gasteiger partial charge in [-0.3, -0.25) is 14.6 Å². The molecule has 0 radical (unpaired) electrons. The summed E-state index contributed by atoms with van der Waals surface area (Å²) in [4.78, 5) is 55.4. The van der Waals surface area contributed by atoms with E-state index in [-0.39, 0.29) is 44.2 Å². The number of nitrogens with one attached hydrogen (secondary N) is 2. The number of aliphatic carboxylic acids is 1. The van der Waals surface area contributed by atoms with Crippen molar-refractivity contribution in [2.75, 3.05) is 27.3 Å². The van der Waals surface area contributed by atoms with Crippen LogP contribution in [0.15, 0.2) is 82.7 Å². The van der Waals surface area contributed by atoms with Crippen LogP contribution < -0.4 is 29.6 Å². The molecular formula is C38H40N6O11. The van der Waals surface area contributed by atoms with E-state index in [1.807, 2.05) is 48.5 Å². The molecule has 4 aromatic rings. The zero-order valence-electron chi connectivity index (χ0n) is 30.8. The molecule has 3 N–H and O–H groups in total. The number of amides is 3. The fourth-order valence-electron chi connectivity index (χ4n) is 5.73. The number of fused-ring (bicyclic) bond motifs is 1. The molecule has 2 aromatic heterocycles. The molecule has 2 aliphatic rings. The molecule has 6 rings (SSSR count). The molecule has 17 nitrogen and oxygen atoms in total. The van der Waals surface area contributed by atoms with Gasteiger partial charge in [0.25, 0.3) is 11.8 Å². The quantitative estimate of drug-likeness (QED) is 0.167. The summed E-state index contributed by atoms with van der Waals surface area (Å²) >= 11 is 0. The summed E-state index contributed by atoms with van der Waals surface area (Å²) in [6.45, 7) is 5.10. The first-order chi connectivity index (χ1) is 26.3. The van der Waals surface area contributed by atoms with E-state index in [2.05, 4.69) is 20.8 Å². The zero-order valence-corrected chi connectivity index (χ0v) is 30.8. The molecule has 0 bridgehead atoms. The molecule has 1 saturated heterocycles. The Morgan fingerprint density at radius 3 is 2.11 bits per heavy atom. The van der Waals surface area contributed by atoms with Gasteiger partial charge in [0.05, 0.1) is 44.8 Å². The van der Waals surface area contributed by atoms with Gasteiger partial charge in [-0.05, 0) is 56.2 Å². The Morgan fingerprint density at radius 1 is 0.909 bits per heavy atom. The number of pyridine rings is 1. The van der Waals surface area contributed by atoms with Gasteiger partial charge in [0.1, 0.15) is 42.0 Å². The van der Waals surface area contributed by atoms with Crippen LogP contribution in [-0.4, -0.2) is 88.1 Å². The van der Waals surface area contributed by atoms with Gasteiger partial charge in [-0.1, -0.05) is 29.4 Å². The van der Waals surface area contributed by atoms with Gasteiger partial charge in [0, 0.05) is 18.7 Å². The van der Waals surface area contributed by atoms with Gasteiger partial charge in [-0.2, -0.15) is 0 Å². The molecule has 4 heterocycles. The van der Waals surface area contributed by atoms with Crippen molar-refractivity contribution >= 4 is 23.9 Å². The molecule has 2 aromatic carbocycles. The highest BCUT2D eigenvalue weighted by molar-refractivity contribution is 6.06. The molecule has 0 saturated carbocycles. The van der Waals surface area contributed by atoms with Crippen molar-refractivity contribution in [3.63, 3.8) is 0 Å². The van der Waals surface area contributed by atoms with Crippen LogP contribution in [0.25, 0.3) is 11.4 Å². The largest absolute Gasteiger partial charge is 0.497 e. The first kappa shape index (κ1) is 38.1. The molecule has 1 atom stereocenters. The topological polar surface area (TPSA) is 204 Å². The molecule has 0 aliphatic carbocycles. The average molecular weight is 757 g/mol. The van der Waals surface area contributed by atoms with Gasteiger partial charge in [0.2, 0.25) is 0 Å². The number of carbonyl (C=O) groups is 4. The number of carboxylic acid groups (broad SMARTS) is 1. The number of hydrazine groups is 1. The van der Waals surface area contributed by atoms with Crippen molar-refractivity contribution in [3.8, 4) is 34.4 Å². The number of carbonyl (C=O) groups excluding carboxylic acids is 3. The van der Waals surface area contributed by atoms with E-state index in [4.69, 9.17) is 28.2 Å². The molecule has 0 spiro atoms. The molecule has 0 unspecified atom stereocenters. The average Bonchev–Trinajstić information content (AvgIpc) is 3.87. The predicted molar refractivity (Wildman–Crippen MR) is 192 cm³/mol. The third-order valence-corrected chi connectivity index (χ3v) is 8.37. The minimum Gasteiger partial charge on any atom is -0.497 e. The van der Waals surface area contributed by atoms with Crippen LogP contribution in [0.1, 0.15) is 37.7 Å². The number of benzene rings is 2. The second-order valence-corrected chi connectivity index (χ2v) is 13.5. The van der Waals surface area contributed by atoms with E-state index >= 15 is 0 Å². The maximum Gasteiger partial charge on any atom is 0.408 e. The van der Waals surface area contributed by atoms with Crippen molar-refractivity contribution < 1.29 is 52.5 Å². The van der Waals surface area contributed by atoms with Crippen molar-refractivity contribution in [2.45, 2.75) is 52.2 Å². The molecule has 1 fully saturated rings. The maximum atomic E-state index is 13.3. The minimum atomic E-state index is -1.48. The molecule has 17 heteroatoms. The fraction of sp³-hybridized carbons (Fsp3) is 0.316. The Morgan fingerprint density at radius 2 is 1.53 bits per heavy atom. The molecule has 55 heavy (non-hydrogen) atoms. The summed E-state index contributed by atoms with van der Waals surface area (Å²) in [7, 11) is 3.19. The third-order valence-electron chi connectivity index (χ3n) is 8.37. The van der Waals surface area contributed by atoms with Crippen LogP contribution in [0.2, 0.25) is 0 Å². The van der Waals surface area contributed by atoms with E-state index in [0.29, 0.717) is 22.9 Å². The van der Waals surface area contributed by atoms with Crippen LogP contribution in [0.5, 0.6) is 23.0 Å². The van der Waals surface area contributed by atoms with Crippen molar-refractivity contribution in [1.29, 1.82) is 0 Å². The monoisotopic (exact) mass is 756 g/mol. The van der Waals surface area contributed by atoms with Gasteiger partial charge in [-0.15, -0.1) is 0 Å². The number of methoxy groups -OCH3 is 2. The van der Waals surface area contributed by atoms with E-state index in [9.17, 15) is 24.3 Å². The second kappa shape index (κ2) is 16.2. The molecule has 2 aliphatic heterocycles. The highest BCUT2D eigenvalue weighted by Crippen LogP contribution is 2.33. The number of hydrogen-bond acceptors (Lipinski definition) is 13. The number of aromatic nitrogens is 2. The van der Waals surface area contributed by atoms with Gasteiger partial charge in [0.15, 0.2) is 23.0 Å². The number of ether oxygens (including phenoxy) is 5. The highest BCUT2D eigenvalue weighted by Gasteiger charge is 2.49. The zero-order chi connectivity index (χ0) is 39.3. The Balaban J connectivity index is 1.13. The Labute approximate surface area is 315 Å². The predicted octanol–water partition coefficient (Wildman–Crippen LogP) is 3.83. The lowest BCUT2D eigenvalue weighted by molar-refractivity contribution is -0.143. The lowest BCUT2D eigenvalue weighted by atomic mass is 10.1. The van der Waals surface area contributed by atoms with E-state index < -0.39 is 41.2 Å². The summed E-state index contributed by atoms with van der Waals surface area (Å²) < 4.78 is 33.4. The van der Waals surface area contributed by atoms with E-state index in [1.54, 1.807) is 47.1 Å².